The van der Waals surface area contributed by atoms with E-state index in [-0.39, 0.29) is 22.6 Å². The maximum Gasteiger partial charge on any atom is 0.339 e. The molecule has 250 valence electrons. The Kier molecular flexibility index (Phi) is 8.39. The Morgan fingerprint density at radius 2 is 0.750 bits per heavy atom. The van der Waals surface area contributed by atoms with Crippen LogP contribution >= 0.6 is 0 Å². The molecular weight excluding hydrogens is 648 g/mol. The van der Waals surface area contributed by atoms with Gasteiger partial charge in [-0.25, -0.2) is 9.59 Å². The number of rotatable bonds is 9. The summed E-state index contributed by atoms with van der Waals surface area (Å²) in [5, 5.41) is 23.6. The highest BCUT2D eigenvalue weighted by Gasteiger charge is 2.23. The van der Waals surface area contributed by atoms with Gasteiger partial charge in [0.2, 0.25) is 0 Å². The van der Waals surface area contributed by atoms with Crippen LogP contribution in [0.15, 0.2) is 170 Å². The summed E-state index contributed by atoms with van der Waals surface area (Å²) >= 11 is 0. The van der Waals surface area contributed by atoms with E-state index in [4.69, 9.17) is 9.47 Å². The number of para-hydroxylation sites is 2. The fraction of sp³-hybridized carbons (Fsp3) is 0. The van der Waals surface area contributed by atoms with Crippen molar-refractivity contribution in [3.63, 3.8) is 0 Å². The Labute approximate surface area is 299 Å². The summed E-state index contributed by atoms with van der Waals surface area (Å²) < 4.78 is 13.1. The van der Waals surface area contributed by atoms with E-state index >= 15 is 0 Å². The topological polar surface area (TPSA) is 93.1 Å². The first-order valence-electron chi connectivity index (χ1n) is 16.7. The van der Waals surface area contributed by atoms with E-state index in [0.29, 0.717) is 22.6 Å². The molecule has 52 heavy (non-hydrogen) atoms. The van der Waals surface area contributed by atoms with Crippen LogP contribution in [0.1, 0.15) is 20.7 Å². The number of fused-ring (bicyclic) bond motifs is 2. The highest BCUT2D eigenvalue weighted by atomic mass is 16.5. The highest BCUT2D eigenvalue weighted by molar-refractivity contribution is 6.11. The molecule has 0 aliphatic rings. The number of carboxylic acid groups (broad SMARTS) is 2. The molecule has 2 N–H and O–H groups in total. The quantitative estimate of drug-likeness (QED) is 0.158. The van der Waals surface area contributed by atoms with Crippen molar-refractivity contribution in [1.82, 2.24) is 0 Å². The van der Waals surface area contributed by atoms with E-state index in [1.54, 1.807) is 36.4 Å². The van der Waals surface area contributed by atoms with Crippen molar-refractivity contribution in [2.24, 2.45) is 0 Å². The maximum absolute atomic E-state index is 12.3. The summed E-state index contributed by atoms with van der Waals surface area (Å²) in [6.07, 6.45) is 0. The lowest BCUT2D eigenvalue weighted by Gasteiger charge is -2.21. The average molecular weight is 679 g/mol. The van der Waals surface area contributed by atoms with Crippen LogP contribution in [0.3, 0.4) is 0 Å². The molecule has 0 saturated carbocycles. The van der Waals surface area contributed by atoms with Gasteiger partial charge in [0.15, 0.2) is 0 Å². The van der Waals surface area contributed by atoms with Crippen LogP contribution in [0, 0.1) is 0 Å². The van der Waals surface area contributed by atoms with Gasteiger partial charge in [0, 0.05) is 11.1 Å². The van der Waals surface area contributed by atoms with Gasteiger partial charge in [0.05, 0.1) is 0 Å². The van der Waals surface area contributed by atoms with Crippen LogP contribution in [0.2, 0.25) is 0 Å². The van der Waals surface area contributed by atoms with Crippen molar-refractivity contribution in [1.29, 1.82) is 0 Å². The third-order valence-electron chi connectivity index (χ3n) is 9.10. The molecule has 0 aliphatic heterocycles. The standard InChI is InChI=1S/C46H30O6/c47-45(48)37-15-7-9-17-39(37)51-41-25-21-33-27-31(29-11-3-1-4-12-29)19-23-35(33)43(41)44-36-24-20-32(30-13-5-2-6-14-30)28-34(36)22-26-42(44)52-40-18-10-8-16-38(40)46(49)50/h1-28H,(H,47,48)(H,49,50). The first kappa shape index (κ1) is 32.0. The molecule has 0 bridgehead atoms. The minimum absolute atomic E-state index is 0.0188. The van der Waals surface area contributed by atoms with Crippen LogP contribution in [0.25, 0.3) is 54.9 Å². The molecule has 0 heterocycles. The molecule has 8 rings (SSSR count). The van der Waals surface area contributed by atoms with E-state index in [1.807, 2.05) is 72.8 Å². The normalized spacial score (nSPS) is 11.0. The second-order valence-corrected chi connectivity index (χ2v) is 12.3. The predicted octanol–water partition coefficient (Wildman–Crippen LogP) is 12.0. The number of aromatic carboxylic acids is 2. The fourth-order valence-corrected chi connectivity index (χ4v) is 6.63. The monoisotopic (exact) mass is 678 g/mol. The van der Waals surface area contributed by atoms with Crippen LogP contribution in [-0.4, -0.2) is 22.2 Å². The molecule has 0 atom stereocenters. The predicted molar refractivity (Wildman–Crippen MR) is 205 cm³/mol. The molecule has 0 fully saturated rings. The van der Waals surface area contributed by atoms with Crippen LogP contribution in [0.4, 0.5) is 0 Å². The van der Waals surface area contributed by atoms with Crippen LogP contribution in [-0.2, 0) is 0 Å². The number of benzene rings is 8. The Morgan fingerprint density at radius 3 is 1.15 bits per heavy atom. The van der Waals surface area contributed by atoms with Crippen LogP contribution in [0.5, 0.6) is 23.0 Å². The number of carboxylic acids is 2. The minimum atomic E-state index is -1.11. The van der Waals surface area contributed by atoms with Gasteiger partial charge < -0.3 is 19.7 Å². The molecule has 0 saturated heterocycles. The third-order valence-corrected chi connectivity index (χ3v) is 9.10. The Balaban J connectivity index is 1.43. The van der Waals surface area contributed by atoms with Gasteiger partial charge >= 0.3 is 11.9 Å². The number of ether oxygens (including phenoxy) is 2. The lowest BCUT2D eigenvalue weighted by Crippen LogP contribution is -2.02. The maximum atomic E-state index is 12.3. The first-order chi connectivity index (χ1) is 25.4. The second-order valence-electron chi connectivity index (χ2n) is 12.3. The van der Waals surface area contributed by atoms with E-state index in [1.165, 1.54) is 12.1 Å². The largest absolute Gasteiger partial charge is 0.478 e. The summed E-state index contributed by atoms with van der Waals surface area (Å²) in [4.78, 5) is 24.5. The Hall–Kier alpha value is -7.18. The van der Waals surface area contributed by atoms with Crippen molar-refractivity contribution in [2.75, 3.05) is 0 Å². The molecule has 8 aromatic carbocycles. The van der Waals surface area contributed by atoms with Crippen molar-refractivity contribution in [2.45, 2.75) is 0 Å². The van der Waals surface area contributed by atoms with E-state index in [2.05, 4.69) is 48.5 Å². The summed E-state index contributed by atoms with van der Waals surface area (Å²) in [5.74, 6) is -1.05. The van der Waals surface area contributed by atoms with Gasteiger partial charge in [-0.3, -0.25) is 0 Å². The van der Waals surface area contributed by atoms with Gasteiger partial charge in [-0.2, -0.15) is 0 Å². The van der Waals surface area contributed by atoms with Crippen molar-refractivity contribution >= 4 is 33.5 Å². The second kappa shape index (κ2) is 13.6. The highest BCUT2D eigenvalue weighted by Crippen LogP contribution is 2.49. The molecule has 0 amide bonds. The summed E-state index contributed by atoms with van der Waals surface area (Å²) in [6.45, 7) is 0. The van der Waals surface area contributed by atoms with Gasteiger partial charge in [-0.1, -0.05) is 121 Å². The van der Waals surface area contributed by atoms with E-state index < -0.39 is 11.9 Å². The van der Waals surface area contributed by atoms with Gasteiger partial charge in [0.25, 0.3) is 0 Å². The van der Waals surface area contributed by atoms with Crippen molar-refractivity contribution < 1.29 is 29.3 Å². The Morgan fingerprint density at radius 1 is 0.365 bits per heavy atom. The van der Waals surface area contributed by atoms with E-state index in [9.17, 15) is 19.8 Å². The summed E-state index contributed by atoms with van der Waals surface area (Å²) in [6, 6.07) is 53.3. The summed E-state index contributed by atoms with van der Waals surface area (Å²) in [7, 11) is 0. The first-order valence-corrected chi connectivity index (χ1v) is 16.7. The molecule has 8 aromatic rings. The zero-order chi connectivity index (χ0) is 35.6. The number of carbonyl (C=O) groups is 2. The number of hydrogen-bond donors (Lipinski definition) is 2. The molecule has 0 radical (unpaired) electrons. The van der Waals surface area contributed by atoms with Crippen molar-refractivity contribution in [3.8, 4) is 56.4 Å². The third kappa shape index (κ3) is 6.10. The molecule has 6 heteroatoms. The molecule has 0 aliphatic carbocycles. The average Bonchev–Trinajstić information content (AvgIpc) is 3.18. The number of hydrogen-bond acceptors (Lipinski definition) is 4. The lowest BCUT2D eigenvalue weighted by molar-refractivity contribution is 0.0683. The van der Waals surface area contributed by atoms with Crippen molar-refractivity contribution in [3.05, 3.63) is 181 Å². The lowest BCUT2D eigenvalue weighted by atomic mass is 9.90. The molecule has 0 unspecified atom stereocenters. The molecule has 0 aromatic heterocycles. The SMILES string of the molecule is O=C(O)c1ccccc1Oc1ccc2cc(-c3ccccc3)ccc2c1-c1c(Oc2ccccc2C(=O)O)ccc2cc(-c3ccccc3)ccc12. The molecule has 6 nitrogen and oxygen atoms in total. The smallest absolute Gasteiger partial charge is 0.339 e. The van der Waals surface area contributed by atoms with Gasteiger partial charge in [-0.05, 0) is 92.3 Å². The van der Waals surface area contributed by atoms with Crippen LogP contribution < -0.4 is 9.47 Å². The Bertz CT molecular complexity index is 2450. The van der Waals surface area contributed by atoms with Gasteiger partial charge in [-0.15, -0.1) is 0 Å². The summed E-state index contributed by atoms with van der Waals surface area (Å²) in [5.41, 5.74) is 5.55. The van der Waals surface area contributed by atoms with E-state index in [0.717, 1.165) is 43.8 Å². The zero-order valence-corrected chi connectivity index (χ0v) is 27.7. The molecule has 0 spiro atoms. The minimum Gasteiger partial charge on any atom is -0.478 e. The van der Waals surface area contributed by atoms with Gasteiger partial charge in [0.1, 0.15) is 34.1 Å². The fourth-order valence-electron chi connectivity index (χ4n) is 6.63. The zero-order valence-electron chi connectivity index (χ0n) is 27.7. The molecular formula is C46H30O6.